The molecule has 31 heavy (non-hydrogen) atoms. The van der Waals surface area contributed by atoms with Crippen LogP contribution in [0.4, 0.5) is 0 Å². The minimum Gasteiger partial charge on any atom is -0.440 e. The Bertz CT molecular complexity index is 1240. The summed E-state index contributed by atoms with van der Waals surface area (Å²) in [7, 11) is 0. The molecule has 158 valence electrons. The molecule has 0 saturated heterocycles. The molecule has 8 heteroatoms. The lowest BCUT2D eigenvalue weighted by Gasteiger charge is -2.27. The number of oxazole rings is 1. The molecule has 0 aliphatic heterocycles. The summed E-state index contributed by atoms with van der Waals surface area (Å²) in [4.78, 5) is 26.2. The van der Waals surface area contributed by atoms with E-state index in [1.807, 2.05) is 36.6 Å². The van der Waals surface area contributed by atoms with Gasteiger partial charge in [0.15, 0.2) is 11.5 Å². The van der Waals surface area contributed by atoms with Crippen molar-refractivity contribution in [2.24, 2.45) is 0 Å². The van der Waals surface area contributed by atoms with E-state index < -0.39 is 0 Å². The number of hydrogen-bond acceptors (Lipinski definition) is 6. The van der Waals surface area contributed by atoms with E-state index in [2.05, 4.69) is 20.3 Å². The van der Waals surface area contributed by atoms with Crippen LogP contribution in [0, 0.1) is 6.92 Å². The number of nitrogens with one attached hydrogen (secondary N) is 1. The number of halogens is 1. The number of aryl methyl sites for hydroxylation is 1. The first-order valence-electron chi connectivity index (χ1n) is 10.3. The van der Waals surface area contributed by atoms with Crippen molar-refractivity contribution in [2.75, 3.05) is 0 Å². The SMILES string of the molecule is Cc1csc(-c2cc(C(=O)NC3CCC(c4nc5cc(Cl)ccc5o4)CC3)ccn2)n1. The standard InChI is InChI=1S/C23H21ClN4O2S/c1-13-12-31-23(26-13)19-10-15(8-9-25-19)21(29)27-17-5-2-14(3-6-17)22-28-18-11-16(24)4-7-20(18)30-22/h4,7-12,14,17H,2-3,5-6H2,1H3,(H,27,29). The van der Waals surface area contributed by atoms with Gasteiger partial charge in [0.25, 0.3) is 5.91 Å². The zero-order valence-electron chi connectivity index (χ0n) is 17.0. The maximum Gasteiger partial charge on any atom is 0.251 e. The number of benzene rings is 1. The fourth-order valence-electron chi connectivity index (χ4n) is 4.01. The molecule has 4 aromatic rings. The summed E-state index contributed by atoms with van der Waals surface area (Å²) in [5.74, 6) is 0.955. The molecule has 0 unspecified atom stereocenters. The zero-order chi connectivity index (χ0) is 21.4. The van der Waals surface area contributed by atoms with Gasteiger partial charge in [0.1, 0.15) is 10.5 Å². The molecular weight excluding hydrogens is 432 g/mol. The van der Waals surface area contributed by atoms with Crippen LogP contribution in [0.5, 0.6) is 0 Å². The molecule has 1 aliphatic carbocycles. The number of pyridine rings is 1. The smallest absolute Gasteiger partial charge is 0.251 e. The lowest BCUT2D eigenvalue weighted by molar-refractivity contribution is 0.0925. The van der Waals surface area contributed by atoms with Crippen LogP contribution in [-0.4, -0.2) is 26.9 Å². The third-order valence-corrected chi connectivity index (χ3v) is 6.86. The Kier molecular flexibility index (Phi) is 5.46. The topological polar surface area (TPSA) is 80.9 Å². The number of carbonyl (C=O) groups is 1. The number of amides is 1. The number of hydrogen-bond donors (Lipinski definition) is 1. The number of aromatic nitrogens is 3. The first kappa shape index (κ1) is 20.2. The van der Waals surface area contributed by atoms with Gasteiger partial charge in [0.05, 0.1) is 5.69 Å². The predicted octanol–water partition coefficient (Wildman–Crippen LogP) is 5.76. The van der Waals surface area contributed by atoms with Crippen LogP contribution in [-0.2, 0) is 0 Å². The second kappa shape index (κ2) is 8.40. The Morgan fingerprint density at radius 1 is 1.16 bits per heavy atom. The highest BCUT2D eigenvalue weighted by molar-refractivity contribution is 7.13. The number of nitrogens with zero attached hydrogens (tertiary/aromatic N) is 3. The molecule has 0 bridgehead atoms. The first-order chi connectivity index (χ1) is 15.0. The second-order valence-electron chi connectivity index (χ2n) is 7.91. The molecule has 1 aliphatic rings. The predicted molar refractivity (Wildman–Crippen MR) is 122 cm³/mol. The third kappa shape index (κ3) is 4.34. The van der Waals surface area contributed by atoms with Crippen LogP contribution in [0.15, 0.2) is 46.3 Å². The number of carbonyl (C=O) groups excluding carboxylic acids is 1. The van der Waals surface area contributed by atoms with Crippen molar-refractivity contribution in [3.05, 3.63) is 64.1 Å². The number of thiazole rings is 1. The van der Waals surface area contributed by atoms with Crippen molar-refractivity contribution in [3.8, 4) is 10.7 Å². The van der Waals surface area contributed by atoms with E-state index in [0.717, 1.165) is 59.1 Å². The monoisotopic (exact) mass is 452 g/mol. The van der Waals surface area contributed by atoms with Crippen molar-refractivity contribution in [1.29, 1.82) is 0 Å². The molecule has 1 N–H and O–H groups in total. The molecular formula is C23H21ClN4O2S. The largest absolute Gasteiger partial charge is 0.440 e. The molecule has 3 heterocycles. The van der Waals surface area contributed by atoms with Crippen molar-refractivity contribution < 1.29 is 9.21 Å². The summed E-state index contributed by atoms with van der Waals surface area (Å²) < 4.78 is 5.94. The van der Waals surface area contributed by atoms with Gasteiger partial charge in [0, 0.05) is 39.8 Å². The highest BCUT2D eigenvalue weighted by atomic mass is 35.5. The molecule has 1 aromatic carbocycles. The van der Waals surface area contributed by atoms with Crippen LogP contribution in [0.1, 0.15) is 53.5 Å². The van der Waals surface area contributed by atoms with Crippen LogP contribution in [0.2, 0.25) is 5.02 Å². The minimum atomic E-state index is -0.0723. The van der Waals surface area contributed by atoms with Gasteiger partial charge in [-0.3, -0.25) is 9.78 Å². The van der Waals surface area contributed by atoms with Gasteiger partial charge in [-0.1, -0.05) is 11.6 Å². The summed E-state index contributed by atoms with van der Waals surface area (Å²) in [6.45, 7) is 1.95. The zero-order valence-corrected chi connectivity index (χ0v) is 18.5. The molecule has 6 nitrogen and oxygen atoms in total. The van der Waals surface area contributed by atoms with Crippen molar-refractivity contribution in [2.45, 2.75) is 44.6 Å². The van der Waals surface area contributed by atoms with Gasteiger partial charge in [-0.15, -0.1) is 11.3 Å². The molecule has 5 rings (SSSR count). The summed E-state index contributed by atoms with van der Waals surface area (Å²) in [6, 6.07) is 9.19. The van der Waals surface area contributed by atoms with Gasteiger partial charge in [0.2, 0.25) is 0 Å². The maximum atomic E-state index is 12.8. The van der Waals surface area contributed by atoms with Crippen molar-refractivity contribution in [1.82, 2.24) is 20.3 Å². The van der Waals surface area contributed by atoms with Crippen LogP contribution in [0.25, 0.3) is 21.8 Å². The first-order valence-corrected chi connectivity index (χ1v) is 11.6. The highest BCUT2D eigenvalue weighted by Crippen LogP contribution is 2.34. The Hall–Kier alpha value is -2.77. The Morgan fingerprint density at radius 3 is 2.77 bits per heavy atom. The Labute approximate surface area is 188 Å². The second-order valence-corrected chi connectivity index (χ2v) is 9.20. The number of rotatable bonds is 4. The van der Waals surface area contributed by atoms with E-state index >= 15 is 0 Å². The lowest BCUT2D eigenvalue weighted by atomic mass is 9.86. The van der Waals surface area contributed by atoms with E-state index in [1.54, 1.807) is 12.3 Å². The average molecular weight is 453 g/mol. The highest BCUT2D eigenvalue weighted by Gasteiger charge is 2.27. The van der Waals surface area contributed by atoms with Gasteiger partial charge >= 0.3 is 0 Å². The van der Waals surface area contributed by atoms with E-state index in [0.29, 0.717) is 10.6 Å². The van der Waals surface area contributed by atoms with Gasteiger partial charge in [-0.25, -0.2) is 9.97 Å². The summed E-state index contributed by atoms with van der Waals surface area (Å²) in [5, 5.41) is 6.63. The normalized spacial score (nSPS) is 18.9. The average Bonchev–Trinajstić information content (AvgIpc) is 3.40. The van der Waals surface area contributed by atoms with E-state index in [-0.39, 0.29) is 17.9 Å². The van der Waals surface area contributed by atoms with E-state index in [4.69, 9.17) is 16.0 Å². The third-order valence-electron chi connectivity index (χ3n) is 5.64. The molecule has 1 fully saturated rings. The molecule has 3 aromatic heterocycles. The molecule has 0 atom stereocenters. The fraction of sp³-hybridized carbons (Fsp3) is 0.304. The Morgan fingerprint density at radius 2 is 2.00 bits per heavy atom. The molecule has 1 amide bonds. The summed E-state index contributed by atoms with van der Waals surface area (Å²) in [5.41, 5.74) is 3.84. The summed E-state index contributed by atoms with van der Waals surface area (Å²) >= 11 is 7.58. The fourth-order valence-corrected chi connectivity index (χ4v) is 4.94. The molecule has 1 saturated carbocycles. The quantitative estimate of drug-likeness (QED) is 0.425. The van der Waals surface area contributed by atoms with E-state index in [9.17, 15) is 4.79 Å². The van der Waals surface area contributed by atoms with Crippen molar-refractivity contribution >= 4 is 39.9 Å². The Balaban J connectivity index is 1.22. The maximum absolute atomic E-state index is 12.8. The van der Waals surface area contributed by atoms with Gasteiger partial charge in [-0.2, -0.15) is 0 Å². The van der Waals surface area contributed by atoms with Crippen LogP contribution < -0.4 is 5.32 Å². The molecule has 0 spiro atoms. The van der Waals surface area contributed by atoms with Crippen molar-refractivity contribution in [3.63, 3.8) is 0 Å². The number of fused-ring (bicyclic) bond motifs is 1. The summed E-state index contributed by atoms with van der Waals surface area (Å²) in [6.07, 6.45) is 5.29. The molecule has 0 radical (unpaired) electrons. The van der Waals surface area contributed by atoms with Gasteiger partial charge in [-0.05, 0) is 62.9 Å². The van der Waals surface area contributed by atoms with E-state index in [1.165, 1.54) is 11.3 Å². The van der Waals surface area contributed by atoms with Gasteiger partial charge < -0.3 is 9.73 Å². The van der Waals surface area contributed by atoms with Crippen LogP contribution in [0.3, 0.4) is 0 Å². The van der Waals surface area contributed by atoms with Crippen LogP contribution >= 0.6 is 22.9 Å². The minimum absolute atomic E-state index is 0.0723. The lowest BCUT2D eigenvalue weighted by Crippen LogP contribution is -2.37.